The second kappa shape index (κ2) is 14.1. The number of ether oxygens (including phenoxy) is 3. The number of phenols is 1. The van der Waals surface area contributed by atoms with Gasteiger partial charge in [-0.3, -0.25) is 4.90 Å². The van der Waals surface area contributed by atoms with E-state index in [4.69, 9.17) is 14.2 Å². The summed E-state index contributed by atoms with van der Waals surface area (Å²) < 4.78 is 48.0. The molecule has 2 aliphatic rings. The topological polar surface area (TPSA) is 109 Å². The lowest BCUT2D eigenvalue weighted by Crippen LogP contribution is -2.54. The Kier molecular flexibility index (Phi) is 10.9. The zero-order valence-electron chi connectivity index (χ0n) is 27.1. The molecule has 1 heterocycles. The van der Waals surface area contributed by atoms with E-state index in [1.54, 1.807) is 18.1 Å². The molecule has 1 amide bonds. The highest BCUT2D eigenvalue weighted by atomic mass is 32.2. The minimum absolute atomic E-state index is 0.0129. The number of benzene rings is 2. The van der Waals surface area contributed by atoms with E-state index in [9.17, 15) is 18.3 Å². The summed E-state index contributed by atoms with van der Waals surface area (Å²) in [5.74, 6) is 1.31. The second-order valence-electron chi connectivity index (χ2n) is 13.2. The van der Waals surface area contributed by atoms with Gasteiger partial charge in [-0.25, -0.2) is 4.79 Å². The summed E-state index contributed by atoms with van der Waals surface area (Å²) in [4.78, 5) is 15.3. The Morgan fingerprint density at radius 3 is 2.27 bits per heavy atom. The SMILES string of the molecule is COc1ccc(CN([C@H]2C[C@@H](C)N(C(=O)OC(C)(C)C)C2COC2CCC(c3cccc(O)c3)CC2)S(=O)(=O)N(C)C)cc1. The highest BCUT2D eigenvalue weighted by Crippen LogP contribution is 2.37. The van der Waals surface area contributed by atoms with Crippen LogP contribution < -0.4 is 4.74 Å². The predicted molar refractivity (Wildman–Crippen MR) is 170 cm³/mol. The third kappa shape index (κ3) is 8.24. The van der Waals surface area contributed by atoms with Crippen molar-refractivity contribution in [2.24, 2.45) is 0 Å². The lowest BCUT2D eigenvalue weighted by molar-refractivity contribution is -0.0279. The van der Waals surface area contributed by atoms with Crippen molar-refractivity contribution in [1.82, 2.24) is 13.5 Å². The fourth-order valence-electron chi connectivity index (χ4n) is 6.33. The fraction of sp³-hybridized carbons (Fsp3) is 0.606. The van der Waals surface area contributed by atoms with Gasteiger partial charge in [-0.2, -0.15) is 17.0 Å². The van der Waals surface area contributed by atoms with Gasteiger partial charge in [0.15, 0.2) is 0 Å². The molecule has 2 aromatic carbocycles. The van der Waals surface area contributed by atoms with Crippen molar-refractivity contribution >= 4 is 16.3 Å². The van der Waals surface area contributed by atoms with Crippen molar-refractivity contribution < 1.29 is 32.5 Å². The number of likely N-dealkylation sites (tertiary alicyclic amines) is 1. The van der Waals surface area contributed by atoms with Crippen molar-refractivity contribution in [3.8, 4) is 11.5 Å². The molecule has 1 saturated carbocycles. The molecule has 1 unspecified atom stereocenters. The van der Waals surface area contributed by atoms with Crippen LogP contribution in [0.15, 0.2) is 48.5 Å². The molecule has 244 valence electrons. The first-order valence-electron chi connectivity index (χ1n) is 15.4. The van der Waals surface area contributed by atoms with E-state index >= 15 is 0 Å². The van der Waals surface area contributed by atoms with Gasteiger partial charge in [-0.1, -0.05) is 24.3 Å². The van der Waals surface area contributed by atoms with E-state index in [1.807, 2.05) is 64.1 Å². The summed E-state index contributed by atoms with van der Waals surface area (Å²) in [6.07, 6.45) is 3.48. The molecule has 2 aromatic rings. The third-order valence-corrected chi connectivity index (χ3v) is 10.5. The molecule has 10 nitrogen and oxygen atoms in total. The highest BCUT2D eigenvalue weighted by Gasteiger charge is 2.49. The second-order valence-corrected chi connectivity index (χ2v) is 15.3. The van der Waals surface area contributed by atoms with Gasteiger partial charge in [0.2, 0.25) is 0 Å². The van der Waals surface area contributed by atoms with Crippen molar-refractivity contribution in [1.29, 1.82) is 0 Å². The Morgan fingerprint density at radius 2 is 1.70 bits per heavy atom. The Labute approximate surface area is 263 Å². The number of rotatable bonds is 10. The lowest BCUT2D eigenvalue weighted by Gasteiger charge is -2.38. The zero-order valence-corrected chi connectivity index (χ0v) is 27.9. The van der Waals surface area contributed by atoms with E-state index in [0.29, 0.717) is 18.1 Å². The van der Waals surface area contributed by atoms with E-state index in [2.05, 4.69) is 6.07 Å². The van der Waals surface area contributed by atoms with Crippen LogP contribution >= 0.6 is 0 Å². The summed E-state index contributed by atoms with van der Waals surface area (Å²) in [6, 6.07) is 13.4. The van der Waals surface area contributed by atoms with Crippen molar-refractivity contribution in [2.45, 2.75) is 102 Å². The maximum atomic E-state index is 13.8. The third-order valence-electron chi connectivity index (χ3n) is 8.61. The van der Waals surface area contributed by atoms with Gasteiger partial charge in [0.1, 0.15) is 17.1 Å². The van der Waals surface area contributed by atoms with Crippen LogP contribution in [0.4, 0.5) is 4.79 Å². The smallest absolute Gasteiger partial charge is 0.410 e. The number of hydrogen-bond donors (Lipinski definition) is 1. The molecule has 0 aromatic heterocycles. The van der Waals surface area contributed by atoms with Crippen molar-refractivity contribution in [3.63, 3.8) is 0 Å². The quantitative estimate of drug-likeness (QED) is 0.368. The Balaban J connectivity index is 1.58. The minimum atomic E-state index is -3.88. The van der Waals surface area contributed by atoms with Gasteiger partial charge in [0.05, 0.1) is 31.9 Å². The molecule has 1 N–H and O–H groups in total. The lowest BCUT2D eigenvalue weighted by atomic mass is 9.82. The molecule has 1 aliphatic carbocycles. The van der Waals surface area contributed by atoms with Crippen LogP contribution in [-0.2, 0) is 26.2 Å². The van der Waals surface area contributed by atoms with Crippen LogP contribution in [0.1, 0.15) is 76.8 Å². The molecule has 0 radical (unpaired) electrons. The molecule has 0 spiro atoms. The summed E-state index contributed by atoms with van der Waals surface area (Å²) in [7, 11) is 0.758. The molecule has 44 heavy (non-hydrogen) atoms. The molecule has 11 heteroatoms. The van der Waals surface area contributed by atoms with Gasteiger partial charge >= 0.3 is 6.09 Å². The van der Waals surface area contributed by atoms with Crippen LogP contribution in [0.2, 0.25) is 0 Å². The number of nitrogens with zero attached hydrogens (tertiary/aromatic N) is 3. The van der Waals surface area contributed by atoms with Crippen LogP contribution in [0, 0.1) is 0 Å². The molecule has 3 atom stereocenters. The van der Waals surface area contributed by atoms with E-state index in [-0.39, 0.29) is 31.0 Å². The molecule has 1 saturated heterocycles. The van der Waals surface area contributed by atoms with Gasteiger partial charge in [-0.05, 0) is 101 Å². The van der Waals surface area contributed by atoms with Crippen LogP contribution in [0.5, 0.6) is 11.5 Å². The first-order chi connectivity index (χ1) is 20.7. The van der Waals surface area contributed by atoms with Crippen molar-refractivity contribution in [3.05, 3.63) is 59.7 Å². The van der Waals surface area contributed by atoms with Gasteiger partial charge in [0, 0.05) is 26.7 Å². The van der Waals surface area contributed by atoms with E-state index in [1.165, 1.54) is 22.7 Å². The van der Waals surface area contributed by atoms with Crippen LogP contribution in [0.3, 0.4) is 0 Å². The van der Waals surface area contributed by atoms with Gasteiger partial charge in [-0.15, -0.1) is 0 Å². The number of methoxy groups -OCH3 is 1. The summed E-state index contributed by atoms with van der Waals surface area (Å²) >= 11 is 0. The number of hydrogen-bond acceptors (Lipinski definition) is 7. The zero-order chi connectivity index (χ0) is 32.2. The molecule has 1 aliphatic heterocycles. The van der Waals surface area contributed by atoms with Crippen LogP contribution in [-0.4, -0.2) is 90.8 Å². The highest BCUT2D eigenvalue weighted by molar-refractivity contribution is 7.86. The summed E-state index contributed by atoms with van der Waals surface area (Å²) in [6.45, 7) is 7.74. The summed E-state index contributed by atoms with van der Waals surface area (Å²) in [5.41, 5.74) is 1.24. The minimum Gasteiger partial charge on any atom is -0.508 e. The maximum Gasteiger partial charge on any atom is 0.410 e. The number of amides is 1. The number of carbonyl (C=O) groups is 1. The predicted octanol–water partition coefficient (Wildman–Crippen LogP) is 5.52. The summed E-state index contributed by atoms with van der Waals surface area (Å²) in [5, 5.41) is 9.92. The average molecular weight is 632 g/mol. The molecule has 2 fully saturated rings. The fourth-order valence-corrected chi connectivity index (χ4v) is 7.63. The Bertz CT molecular complexity index is 1350. The standard InChI is InChI=1S/C33H49N3O7S/c1-23-19-30(35(44(39,40)34(5)6)21-24-11-15-28(41-7)16-12-24)31(36(23)32(38)43-33(2,3)4)22-42-29-17-13-25(14-18-29)26-9-8-10-27(37)20-26/h8-12,15-16,20,23,25,29-31,37H,13-14,17-19,21-22H2,1-7H3/t23-,25?,29?,30+,31?/m1/s1. The molecule has 0 bridgehead atoms. The van der Waals surface area contributed by atoms with Crippen molar-refractivity contribution in [2.75, 3.05) is 27.8 Å². The van der Waals surface area contributed by atoms with E-state index in [0.717, 1.165) is 36.8 Å². The maximum absolute atomic E-state index is 13.8. The average Bonchev–Trinajstić information content (AvgIpc) is 3.29. The van der Waals surface area contributed by atoms with Gasteiger partial charge in [0.25, 0.3) is 10.2 Å². The first kappa shape index (κ1) is 34.0. The largest absolute Gasteiger partial charge is 0.508 e. The van der Waals surface area contributed by atoms with Crippen LogP contribution in [0.25, 0.3) is 0 Å². The number of carbonyl (C=O) groups excluding carboxylic acids is 1. The number of phenolic OH excluding ortho intramolecular Hbond substituents is 1. The molecular weight excluding hydrogens is 582 g/mol. The monoisotopic (exact) mass is 631 g/mol. The molecular formula is C33H49N3O7S. The molecule has 4 rings (SSSR count). The van der Waals surface area contributed by atoms with E-state index < -0.39 is 34.0 Å². The number of aromatic hydroxyl groups is 1. The van der Waals surface area contributed by atoms with Gasteiger partial charge < -0.3 is 19.3 Å². The first-order valence-corrected chi connectivity index (χ1v) is 16.8. The Morgan fingerprint density at radius 1 is 1.05 bits per heavy atom. The normalized spacial score (nSPS) is 24.6. The Hall–Kier alpha value is -2.86.